The van der Waals surface area contributed by atoms with Crippen molar-refractivity contribution < 1.29 is 0 Å². The van der Waals surface area contributed by atoms with Gasteiger partial charge in [0.15, 0.2) is 0 Å². The van der Waals surface area contributed by atoms with E-state index in [2.05, 4.69) is 22.1 Å². The van der Waals surface area contributed by atoms with Gasteiger partial charge in [0.2, 0.25) is 0 Å². The van der Waals surface area contributed by atoms with Crippen molar-refractivity contribution in [3.05, 3.63) is 95.8 Å². The Hall–Kier alpha value is -3.05. The number of nitrogens with one attached hydrogen (secondary N) is 1. The van der Waals surface area contributed by atoms with Gasteiger partial charge in [-0.05, 0) is 48.5 Å². The smallest absolute Gasteiger partial charge is 0.0594 e. The first-order valence-corrected chi connectivity index (χ1v) is 7.21. The molecule has 0 radical (unpaired) electrons. The van der Waals surface area contributed by atoms with Crippen molar-refractivity contribution in [2.24, 2.45) is 0 Å². The van der Waals surface area contributed by atoms with Crippen LogP contribution in [0.15, 0.2) is 79.0 Å². The van der Waals surface area contributed by atoms with Gasteiger partial charge < -0.3 is 5.32 Å². The van der Waals surface area contributed by atoms with Gasteiger partial charge in [-0.2, -0.15) is 0 Å². The first-order valence-electron chi connectivity index (χ1n) is 7.21. The lowest BCUT2D eigenvalue weighted by Crippen LogP contribution is -2.00. The second kappa shape index (κ2) is 7.10. The minimum atomic E-state index is 0.718. The predicted molar refractivity (Wildman–Crippen MR) is 90.4 cm³/mol. The summed E-state index contributed by atoms with van der Waals surface area (Å²) in [5.41, 5.74) is 4.12. The summed E-state index contributed by atoms with van der Waals surface area (Å²) >= 11 is 0. The monoisotopic (exact) mass is 284 g/mol. The summed E-state index contributed by atoms with van der Waals surface area (Å²) in [5, 5.41) is 3.35. The summed E-state index contributed by atoms with van der Waals surface area (Å²) < 4.78 is 0. The maximum absolute atomic E-state index is 4.29. The molecule has 1 heterocycles. The number of aromatic nitrogens is 1. The lowest BCUT2D eigenvalue weighted by Gasteiger charge is -2.05. The third-order valence-corrected chi connectivity index (χ3v) is 3.21. The van der Waals surface area contributed by atoms with Gasteiger partial charge in [0, 0.05) is 23.0 Å². The third kappa shape index (κ3) is 3.97. The Morgan fingerprint density at radius 2 is 1.41 bits per heavy atom. The molecular formula is C20H16N2. The molecule has 0 aliphatic rings. The van der Waals surface area contributed by atoms with E-state index in [1.165, 1.54) is 0 Å². The van der Waals surface area contributed by atoms with Crippen molar-refractivity contribution >= 4 is 5.69 Å². The standard InChI is InChI=1S/C20H16N2/c1-2-6-17(7-3-1)9-10-18-11-13-19(14-12-18)22-16-20-8-4-5-15-21-20/h1-8,11-15,22H,16H2. The Balaban J connectivity index is 1.62. The average Bonchev–Trinajstić information content (AvgIpc) is 2.61. The number of nitrogens with zero attached hydrogens (tertiary/aromatic N) is 1. The zero-order valence-corrected chi connectivity index (χ0v) is 12.2. The zero-order chi connectivity index (χ0) is 15.0. The summed E-state index contributed by atoms with van der Waals surface area (Å²) in [6, 6.07) is 24.0. The van der Waals surface area contributed by atoms with Gasteiger partial charge in [0.1, 0.15) is 0 Å². The molecule has 0 spiro atoms. The van der Waals surface area contributed by atoms with Crippen LogP contribution < -0.4 is 5.32 Å². The van der Waals surface area contributed by atoms with Crippen LogP contribution in [0.25, 0.3) is 0 Å². The molecule has 0 aliphatic carbocycles. The summed E-state index contributed by atoms with van der Waals surface area (Å²) in [6.07, 6.45) is 1.80. The lowest BCUT2D eigenvalue weighted by molar-refractivity contribution is 1.05. The fourth-order valence-electron chi connectivity index (χ4n) is 2.03. The molecule has 0 bridgehead atoms. The van der Waals surface area contributed by atoms with Crippen LogP contribution in [-0.4, -0.2) is 4.98 Å². The Labute approximate surface area is 130 Å². The molecule has 0 amide bonds. The van der Waals surface area contributed by atoms with Crippen molar-refractivity contribution in [2.75, 3.05) is 5.32 Å². The van der Waals surface area contributed by atoms with E-state index >= 15 is 0 Å². The Bertz CT molecular complexity index is 767. The van der Waals surface area contributed by atoms with E-state index in [-0.39, 0.29) is 0 Å². The van der Waals surface area contributed by atoms with Crippen LogP contribution in [-0.2, 0) is 6.54 Å². The van der Waals surface area contributed by atoms with Crippen molar-refractivity contribution in [1.82, 2.24) is 4.98 Å². The maximum Gasteiger partial charge on any atom is 0.0594 e. The van der Waals surface area contributed by atoms with Gasteiger partial charge in [-0.25, -0.2) is 0 Å². The van der Waals surface area contributed by atoms with Crippen LogP contribution in [0.2, 0.25) is 0 Å². The number of hydrogen-bond acceptors (Lipinski definition) is 2. The van der Waals surface area contributed by atoms with E-state index in [9.17, 15) is 0 Å². The predicted octanol–water partition coefficient (Wildman–Crippen LogP) is 4.09. The largest absolute Gasteiger partial charge is 0.379 e. The first kappa shape index (κ1) is 13.9. The maximum atomic E-state index is 4.29. The Morgan fingerprint density at radius 1 is 0.727 bits per heavy atom. The van der Waals surface area contributed by atoms with Gasteiger partial charge >= 0.3 is 0 Å². The lowest BCUT2D eigenvalue weighted by atomic mass is 10.1. The van der Waals surface area contributed by atoms with Crippen LogP contribution in [0.4, 0.5) is 5.69 Å². The van der Waals surface area contributed by atoms with Crippen molar-refractivity contribution in [1.29, 1.82) is 0 Å². The zero-order valence-electron chi connectivity index (χ0n) is 12.2. The quantitative estimate of drug-likeness (QED) is 0.733. The fourth-order valence-corrected chi connectivity index (χ4v) is 2.03. The summed E-state index contributed by atoms with van der Waals surface area (Å²) in [4.78, 5) is 4.29. The fraction of sp³-hybridized carbons (Fsp3) is 0.0500. The Kier molecular flexibility index (Phi) is 4.49. The highest BCUT2D eigenvalue weighted by atomic mass is 14.9. The second-order valence-corrected chi connectivity index (χ2v) is 4.87. The van der Waals surface area contributed by atoms with Crippen molar-refractivity contribution in [3.8, 4) is 11.8 Å². The Morgan fingerprint density at radius 3 is 2.09 bits per heavy atom. The van der Waals surface area contributed by atoms with E-state index in [1.54, 1.807) is 6.20 Å². The molecule has 2 aromatic carbocycles. The van der Waals surface area contributed by atoms with Gasteiger partial charge in [0.05, 0.1) is 12.2 Å². The molecule has 0 saturated carbocycles. The summed E-state index contributed by atoms with van der Waals surface area (Å²) in [7, 11) is 0. The highest BCUT2D eigenvalue weighted by Crippen LogP contribution is 2.10. The van der Waals surface area contributed by atoms with Crippen LogP contribution in [0.5, 0.6) is 0 Å². The van der Waals surface area contributed by atoms with Crippen molar-refractivity contribution in [2.45, 2.75) is 6.54 Å². The molecule has 0 fully saturated rings. The number of hydrogen-bond donors (Lipinski definition) is 1. The topological polar surface area (TPSA) is 24.9 Å². The molecule has 0 atom stereocenters. The minimum absolute atomic E-state index is 0.718. The third-order valence-electron chi connectivity index (χ3n) is 3.21. The SMILES string of the molecule is C(#Cc1ccc(NCc2ccccn2)cc1)c1ccccc1. The van der Waals surface area contributed by atoms with Gasteiger partial charge in [-0.15, -0.1) is 0 Å². The van der Waals surface area contributed by atoms with E-state index in [0.29, 0.717) is 0 Å². The number of rotatable bonds is 3. The minimum Gasteiger partial charge on any atom is -0.379 e. The van der Waals surface area contributed by atoms with Crippen LogP contribution >= 0.6 is 0 Å². The van der Waals surface area contributed by atoms with E-state index in [1.807, 2.05) is 72.8 Å². The number of pyridine rings is 1. The van der Waals surface area contributed by atoms with Gasteiger partial charge in [-0.1, -0.05) is 36.1 Å². The van der Waals surface area contributed by atoms with E-state index < -0.39 is 0 Å². The second-order valence-electron chi connectivity index (χ2n) is 4.87. The highest BCUT2D eigenvalue weighted by molar-refractivity contribution is 5.50. The molecule has 3 aromatic rings. The molecular weight excluding hydrogens is 268 g/mol. The van der Waals surface area contributed by atoms with Crippen LogP contribution in [0.3, 0.4) is 0 Å². The van der Waals surface area contributed by atoms with Crippen LogP contribution in [0.1, 0.15) is 16.8 Å². The van der Waals surface area contributed by atoms with E-state index in [0.717, 1.165) is 29.1 Å². The molecule has 1 N–H and O–H groups in total. The summed E-state index contributed by atoms with van der Waals surface area (Å²) in [6.45, 7) is 0.718. The molecule has 1 aromatic heterocycles. The van der Waals surface area contributed by atoms with Crippen LogP contribution in [0, 0.1) is 11.8 Å². The van der Waals surface area contributed by atoms with Gasteiger partial charge in [-0.3, -0.25) is 4.98 Å². The number of anilines is 1. The molecule has 106 valence electrons. The summed E-state index contributed by atoms with van der Waals surface area (Å²) in [5.74, 6) is 6.33. The van der Waals surface area contributed by atoms with Gasteiger partial charge in [0.25, 0.3) is 0 Å². The molecule has 0 saturated heterocycles. The average molecular weight is 284 g/mol. The van der Waals surface area contributed by atoms with E-state index in [4.69, 9.17) is 0 Å². The first-order chi connectivity index (χ1) is 10.9. The highest BCUT2D eigenvalue weighted by Gasteiger charge is 1.94. The molecule has 2 heteroatoms. The molecule has 0 aliphatic heterocycles. The molecule has 0 unspecified atom stereocenters. The van der Waals surface area contributed by atoms with Crippen molar-refractivity contribution in [3.63, 3.8) is 0 Å². The molecule has 22 heavy (non-hydrogen) atoms. The molecule has 3 rings (SSSR count). The normalized spacial score (nSPS) is 9.64. The number of benzene rings is 2. The molecule has 2 nitrogen and oxygen atoms in total.